The van der Waals surface area contributed by atoms with E-state index < -0.39 is 18.2 Å². The molecule has 1 aromatic rings. The molecule has 1 heterocycles. The molecule has 102 valence electrons. The molecule has 1 aliphatic rings. The van der Waals surface area contributed by atoms with Crippen LogP contribution in [0, 0.1) is 5.21 Å². The first-order valence-corrected chi connectivity index (χ1v) is 5.86. The van der Waals surface area contributed by atoms with Gasteiger partial charge in [-0.25, -0.2) is 9.53 Å². The molecular weight excluding hydrogens is 250 g/mol. The first-order valence-electron chi connectivity index (χ1n) is 5.86. The van der Waals surface area contributed by atoms with Gasteiger partial charge in [0.1, 0.15) is 6.79 Å². The van der Waals surface area contributed by atoms with Crippen LogP contribution in [-0.4, -0.2) is 49.6 Å². The van der Waals surface area contributed by atoms with Crippen LogP contribution in [0.4, 0.5) is 0 Å². The fraction of sp³-hybridized carbons (Fsp3) is 0.385. The quantitative estimate of drug-likeness (QED) is 0.341. The lowest BCUT2D eigenvalue weighted by Gasteiger charge is -2.15. The highest BCUT2D eigenvalue weighted by Gasteiger charge is 2.35. The number of methoxy groups -OCH3 is 1. The van der Waals surface area contributed by atoms with Gasteiger partial charge in [-0.15, -0.1) is 0 Å². The van der Waals surface area contributed by atoms with Crippen molar-refractivity contribution in [2.24, 2.45) is 0 Å². The van der Waals surface area contributed by atoms with E-state index in [1.165, 1.54) is 13.3 Å². The van der Waals surface area contributed by atoms with Crippen molar-refractivity contribution in [2.45, 2.75) is 12.2 Å². The number of hydroxylamine groups is 1. The van der Waals surface area contributed by atoms with Gasteiger partial charge in [-0.05, 0) is 12.1 Å². The molecule has 0 N–H and O–H groups in total. The average molecular weight is 265 g/mol. The van der Waals surface area contributed by atoms with E-state index in [0.29, 0.717) is 10.3 Å². The van der Waals surface area contributed by atoms with Crippen molar-refractivity contribution in [1.82, 2.24) is 0 Å². The lowest BCUT2D eigenvalue weighted by molar-refractivity contribution is -0.454. The number of rotatable bonds is 5. The van der Waals surface area contributed by atoms with Gasteiger partial charge in [-0.3, -0.25) is 0 Å². The summed E-state index contributed by atoms with van der Waals surface area (Å²) in [5.74, 6) is -0.483. The van der Waals surface area contributed by atoms with Crippen molar-refractivity contribution >= 4 is 12.2 Å². The summed E-state index contributed by atoms with van der Waals surface area (Å²) < 4.78 is 16.0. The zero-order valence-corrected chi connectivity index (χ0v) is 10.5. The first-order chi connectivity index (χ1) is 9.20. The van der Waals surface area contributed by atoms with E-state index in [9.17, 15) is 10.0 Å². The summed E-state index contributed by atoms with van der Waals surface area (Å²) in [5.41, 5.74) is 0.436. The topological polar surface area (TPSA) is 70.8 Å². The van der Waals surface area contributed by atoms with Gasteiger partial charge in [0.05, 0.1) is 5.56 Å². The molecule has 0 radical (unpaired) electrons. The van der Waals surface area contributed by atoms with Crippen molar-refractivity contribution in [3.63, 3.8) is 0 Å². The SMILES string of the molecule is COCO[C@@H]1C[N+]([O-])=C[C@@H]1OC(=O)c1ccccc1. The largest absolute Gasteiger partial charge is 0.624 e. The minimum atomic E-state index is -0.694. The molecule has 1 aliphatic heterocycles. The standard InChI is InChI=1S/C13H15NO5/c1-17-9-18-11-7-14(16)8-12(11)19-13(15)10-5-3-2-4-6-10/h2-6,8,11-12H,7,9H2,1H3/t11-,12+/m1/s1. The van der Waals surface area contributed by atoms with Crippen LogP contribution in [0.25, 0.3) is 0 Å². The van der Waals surface area contributed by atoms with Gasteiger partial charge < -0.3 is 19.4 Å². The summed E-state index contributed by atoms with van der Waals surface area (Å²) in [6.07, 6.45) is 0.0896. The zero-order valence-electron chi connectivity index (χ0n) is 10.5. The number of nitrogens with zero attached hydrogens (tertiary/aromatic N) is 1. The number of carbonyl (C=O) groups excluding carboxylic acids is 1. The lowest BCUT2D eigenvalue weighted by Crippen LogP contribution is -2.33. The van der Waals surface area contributed by atoms with Gasteiger partial charge in [0.15, 0.2) is 18.9 Å². The Morgan fingerprint density at radius 3 is 2.84 bits per heavy atom. The smallest absolute Gasteiger partial charge is 0.339 e. The maximum Gasteiger partial charge on any atom is 0.339 e. The fourth-order valence-corrected chi connectivity index (χ4v) is 1.78. The first kappa shape index (κ1) is 13.5. The predicted molar refractivity (Wildman–Crippen MR) is 67.0 cm³/mol. The molecule has 0 fully saturated rings. The Morgan fingerprint density at radius 2 is 2.16 bits per heavy atom. The Hall–Kier alpha value is -1.92. The van der Waals surface area contributed by atoms with Crippen LogP contribution < -0.4 is 0 Å². The highest BCUT2D eigenvalue weighted by atomic mass is 16.7. The number of carbonyl (C=O) groups is 1. The van der Waals surface area contributed by atoms with Gasteiger partial charge in [0.25, 0.3) is 0 Å². The van der Waals surface area contributed by atoms with Crippen molar-refractivity contribution in [3.8, 4) is 0 Å². The van der Waals surface area contributed by atoms with Crippen molar-refractivity contribution < 1.29 is 23.7 Å². The third-order valence-corrected chi connectivity index (χ3v) is 2.69. The van der Waals surface area contributed by atoms with Crippen molar-refractivity contribution in [2.75, 3.05) is 20.4 Å². The molecule has 0 unspecified atom stereocenters. The summed E-state index contributed by atoms with van der Waals surface area (Å²) in [7, 11) is 1.48. The summed E-state index contributed by atoms with van der Waals surface area (Å²) in [6.45, 7) is 0.168. The molecule has 0 aliphatic carbocycles. The van der Waals surface area contributed by atoms with Crippen LogP contribution in [0.2, 0.25) is 0 Å². The van der Waals surface area contributed by atoms with Crippen LogP contribution in [0.1, 0.15) is 10.4 Å². The highest BCUT2D eigenvalue weighted by molar-refractivity contribution is 5.90. The molecule has 0 spiro atoms. The van der Waals surface area contributed by atoms with E-state index in [4.69, 9.17) is 14.2 Å². The third-order valence-electron chi connectivity index (χ3n) is 2.69. The van der Waals surface area contributed by atoms with E-state index in [1.54, 1.807) is 24.3 Å². The van der Waals surface area contributed by atoms with Crippen LogP contribution in [0.5, 0.6) is 0 Å². The summed E-state index contributed by atoms with van der Waals surface area (Å²) >= 11 is 0. The minimum absolute atomic E-state index is 0.0474. The number of ether oxygens (including phenoxy) is 3. The Kier molecular flexibility index (Phi) is 4.48. The summed E-state index contributed by atoms with van der Waals surface area (Å²) in [4.78, 5) is 11.9. The summed E-state index contributed by atoms with van der Waals surface area (Å²) in [6, 6.07) is 8.60. The van der Waals surface area contributed by atoms with E-state index in [-0.39, 0.29) is 13.3 Å². The second-order valence-corrected chi connectivity index (χ2v) is 4.10. The maximum atomic E-state index is 11.9. The third kappa shape index (κ3) is 3.52. The molecule has 1 aromatic carbocycles. The van der Waals surface area contributed by atoms with Crippen LogP contribution in [-0.2, 0) is 14.2 Å². The van der Waals surface area contributed by atoms with E-state index in [2.05, 4.69) is 0 Å². The zero-order chi connectivity index (χ0) is 13.7. The van der Waals surface area contributed by atoms with Gasteiger partial charge in [0.2, 0.25) is 6.10 Å². The van der Waals surface area contributed by atoms with Gasteiger partial charge in [0, 0.05) is 7.11 Å². The molecule has 2 atom stereocenters. The Labute approximate surface area is 110 Å². The molecule has 0 bridgehead atoms. The number of hydrogen-bond acceptors (Lipinski definition) is 5. The van der Waals surface area contributed by atoms with Crippen LogP contribution in [0.15, 0.2) is 30.3 Å². The Bertz CT molecular complexity index is 459. The van der Waals surface area contributed by atoms with Gasteiger partial charge in [-0.1, -0.05) is 18.2 Å². The highest BCUT2D eigenvalue weighted by Crippen LogP contribution is 2.12. The second-order valence-electron chi connectivity index (χ2n) is 4.10. The van der Waals surface area contributed by atoms with Crippen molar-refractivity contribution in [3.05, 3.63) is 41.1 Å². The van der Waals surface area contributed by atoms with Gasteiger partial charge in [-0.2, -0.15) is 0 Å². The number of esters is 1. The molecular formula is C13H15NO5. The molecule has 0 saturated carbocycles. The van der Waals surface area contributed by atoms with Gasteiger partial charge >= 0.3 is 5.97 Å². The minimum Gasteiger partial charge on any atom is -0.624 e. The van der Waals surface area contributed by atoms with E-state index in [0.717, 1.165) is 0 Å². The Balaban J connectivity index is 1.98. The molecule has 6 heteroatoms. The normalized spacial score (nSPS) is 22.1. The lowest BCUT2D eigenvalue weighted by atomic mass is 10.2. The molecule has 0 aromatic heterocycles. The molecule has 0 amide bonds. The van der Waals surface area contributed by atoms with Crippen molar-refractivity contribution in [1.29, 1.82) is 0 Å². The maximum absolute atomic E-state index is 11.9. The van der Waals surface area contributed by atoms with E-state index >= 15 is 0 Å². The molecule has 0 saturated heterocycles. The number of hydrogen-bond donors (Lipinski definition) is 0. The molecule has 2 rings (SSSR count). The van der Waals surface area contributed by atoms with Crippen LogP contribution in [0.3, 0.4) is 0 Å². The fourth-order valence-electron chi connectivity index (χ4n) is 1.78. The summed E-state index contributed by atoms with van der Waals surface area (Å²) in [5, 5.41) is 11.3. The predicted octanol–water partition coefficient (Wildman–Crippen LogP) is 0.796. The van der Waals surface area contributed by atoms with E-state index in [1.807, 2.05) is 6.07 Å². The monoisotopic (exact) mass is 265 g/mol. The molecule has 19 heavy (non-hydrogen) atoms. The van der Waals surface area contributed by atoms with Crippen LogP contribution >= 0.6 is 0 Å². The number of benzene rings is 1. The molecule has 6 nitrogen and oxygen atoms in total. The second kappa shape index (κ2) is 6.31. The Morgan fingerprint density at radius 1 is 1.42 bits per heavy atom. The average Bonchev–Trinajstić information content (AvgIpc) is 2.77.